The Morgan fingerprint density at radius 3 is 2.27 bits per heavy atom. The van der Waals surface area contributed by atoms with Crippen LogP contribution in [0.15, 0.2) is 53.9 Å². The van der Waals surface area contributed by atoms with Crippen molar-refractivity contribution in [1.82, 2.24) is 0 Å². The van der Waals surface area contributed by atoms with Gasteiger partial charge in [0.15, 0.2) is 0 Å². The van der Waals surface area contributed by atoms with E-state index in [1.165, 1.54) is 23.6 Å². The molecule has 3 rings (SSSR count). The zero-order valence-electron chi connectivity index (χ0n) is 15.4. The van der Waals surface area contributed by atoms with Crippen molar-refractivity contribution in [1.29, 1.82) is 0 Å². The molecule has 0 saturated carbocycles. The minimum atomic E-state index is -1.27. The highest BCUT2D eigenvalue weighted by Crippen LogP contribution is 2.33. The number of anilines is 2. The maximum atomic E-state index is 12.5. The van der Waals surface area contributed by atoms with Gasteiger partial charge in [-0.3, -0.25) is 9.59 Å². The Morgan fingerprint density at radius 1 is 0.967 bits per heavy atom. The number of carboxylic acid groups (broad SMARTS) is 1. The third-order valence-electron chi connectivity index (χ3n) is 4.11. The highest BCUT2D eigenvalue weighted by Gasteiger charge is 2.22. The minimum absolute atomic E-state index is 0.0759. The lowest BCUT2D eigenvalue weighted by Crippen LogP contribution is -2.16. The number of carboxylic acids is 1. The van der Waals surface area contributed by atoms with Crippen LogP contribution in [0.25, 0.3) is 0 Å². The Bertz CT molecular complexity index is 1080. The van der Waals surface area contributed by atoms with Crippen molar-refractivity contribution in [2.45, 2.75) is 12.8 Å². The van der Waals surface area contributed by atoms with Crippen LogP contribution in [-0.2, 0) is 11.2 Å². The number of thiophene rings is 1. The highest BCUT2D eigenvalue weighted by molar-refractivity contribution is 7.15. The fraction of sp³-hybridized carbons (Fsp3) is 0.0952. The molecule has 0 radical (unpaired) electrons. The summed E-state index contributed by atoms with van der Waals surface area (Å²) in [4.78, 5) is 36.5. The average molecular weight is 463 g/mol. The summed E-state index contributed by atoms with van der Waals surface area (Å²) in [5.74, 6) is -2.15. The number of benzene rings is 2. The predicted octanol–water partition coefficient (Wildman–Crippen LogP) is 5.58. The molecular formula is C21H16Cl2N2O4S. The van der Waals surface area contributed by atoms with E-state index >= 15 is 0 Å². The van der Waals surface area contributed by atoms with Gasteiger partial charge in [-0.25, -0.2) is 4.79 Å². The number of carbonyl (C=O) groups excluding carboxylic acids is 2. The molecule has 3 N–H and O–H groups in total. The summed E-state index contributed by atoms with van der Waals surface area (Å²) in [6, 6.07) is 13.8. The maximum Gasteiger partial charge on any atom is 0.340 e. The van der Waals surface area contributed by atoms with Crippen LogP contribution in [0.5, 0.6) is 0 Å². The Hall–Kier alpha value is -2.87. The fourth-order valence-electron chi connectivity index (χ4n) is 2.73. The topological polar surface area (TPSA) is 95.5 Å². The summed E-state index contributed by atoms with van der Waals surface area (Å²) in [5, 5.41) is 16.9. The summed E-state index contributed by atoms with van der Waals surface area (Å²) in [6.45, 7) is 0. The molecule has 30 heavy (non-hydrogen) atoms. The van der Waals surface area contributed by atoms with Gasteiger partial charge in [0.1, 0.15) is 10.6 Å². The van der Waals surface area contributed by atoms with Gasteiger partial charge in [-0.15, -0.1) is 11.3 Å². The minimum Gasteiger partial charge on any atom is -0.478 e. The number of halogens is 2. The molecule has 154 valence electrons. The second-order valence-electron chi connectivity index (χ2n) is 6.30. The molecule has 9 heteroatoms. The first-order valence-electron chi connectivity index (χ1n) is 8.79. The van der Waals surface area contributed by atoms with Gasteiger partial charge in [0, 0.05) is 27.4 Å². The molecule has 0 aliphatic rings. The first-order chi connectivity index (χ1) is 14.3. The SMILES string of the molecule is O=C(CCc1ccccc1)Nc1scc(NC(=O)c2cc(Cl)cc(Cl)c2)c1C(=O)O. The quantitative estimate of drug-likeness (QED) is 0.427. The van der Waals surface area contributed by atoms with E-state index < -0.39 is 11.9 Å². The normalized spacial score (nSPS) is 10.5. The lowest BCUT2D eigenvalue weighted by atomic mass is 10.1. The third kappa shape index (κ3) is 5.60. The van der Waals surface area contributed by atoms with Crippen molar-refractivity contribution < 1.29 is 19.5 Å². The van der Waals surface area contributed by atoms with Crippen LogP contribution in [-0.4, -0.2) is 22.9 Å². The van der Waals surface area contributed by atoms with Gasteiger partial charge in [-0.05, 0) is 30.2 Å². The van der Waals surface area contributed by atoms with E-state index in [4.69, 9.17) is 23.2 Å². The fourth-order valence-corrected chi connectivity index (χ4v) is 4.15. The largest absolute Gasteiger partial charge is 0.478 e. The number of amides is 2. The molecular weight excluding hydrogens is 447 g/mol. The van der Waals surface area contributed by atoms with Crippen molar-refractivity contribution >= 4 is 63.0 Å². The van der Waals surface area contributed by atoms with E-state index in [1.807, 2.05) is 30.3 Å². The number of hydrogen-bond acceptors (Lipinski definition) is 4. The standard InChI is InChI=1S/C21H16Cl2N2O4S/c22-14-8-13(9-15(23)10-14)19(27)24-16-11-30-20(18(16)21(28)29)25-17(26)7-6-12-4-2-1-3-5-12/h1-5,8-11H,6-7H2,(H,24,27)(H,25,26)(H,28,29). The first kappa shape index (κ1) is 21.8. The highest BCUT2D eigenvalue weighted by atomic mass is 35.5. The molecule has 2 aromatic carbocycles. The van der Waals surface area contributed by atoms with Gasteiger partial charge in [0.2, 0.25) is 5.91 Å². The number of hydrogen-bond donors (Lipinski definition) is 3. The zero-order valence-corrected chi connectivity index (χ0v) is 17.8. The first-order valence-corrected chi connectivity index (χ1v) is 10.4. The molecule has 0 fully saturated rings. The van der Waals surface area contributed by atoms with E-state index in [2.05, 4.69) is 10.6 Å². The van der Waals surface area contributed by atoms with Crippen molar-refractivity contribution in [3.63, 3.8) is 0 Å². The van der Waals surface area contributed by atoms with Crippen molar-refractivity contribution in [2.75, 3.05) is 10.6 Å². The third-order valence-corrected chi connectivity index (χ3v) is 5.45. The molecule has 1 heterocycles. The van der Waals surface area contributed by atoms with E-state index in [0.29, 0.717) is 6.42 Å². The van der Waals surface area contributed by atoms with Crippen molar-refractivity contribution in [3.8, 4) is 0 Å². The van der Waals surface area contributed by atoms with Gasteiger partial charge >= 0.3 is 5.97 Å². The Morgan fingerprint density at radius 2 is 1.63 bits per heavy atom. The smallest absolute Gasteiger partial charge is 0.340 e. The van der Waals surface area contributed by atoms with Crippen LogP contribution in [0.3, 0.4) is 0 Å². The van der Waals surface area contributed by atoms with Crippen LogP contribution < -0.4 is 10.6 Å². The molecule has 0 unspecified atom stereocenters. The van der Waals surface area contributed by atoms with Gasteiger partial charge in [-0.1, -0.05) is 53.5 Å². The molecule has 0 atom stereocenters. The summed E-state index contributed by atoms with van der Waals surface area (Å²) in [7, 11) is 0. The Labute approximate surface area is 186 Å². The average Bonchev–Trinajstić information content (AvgIpc) is 3.08. The predicted molar refractivity (Wildman–Crippen MR) is 119 cm³/mol. The van der Waals surface area contributed by atoms with Crippen LogP contribution in [0.1, 0.15) is 32.7 Å². The molecule has 0 aliphatic carbocycles. The zero-order chi connectivity index (χ0) is 21.7. The molecule has 0 spiro atoms. The summed E-state index contributed by atoms with van der Waals surface area (Å²) in [5.41, 5.74) is 1.08. The van der Waals surface area contributed by atoms with Crippen molar-refractivity contribution in [2.24, 2.45) is 0 Å². The summed E-state index contributed by atoms with van der Waals surface area (Å²) in [6.07, 6.45) is 0.725. The lowest BCUT2D eigenvalue weighted by Gasteiger charge is -2.08. The molecule has 1 aromatic heterocycles. The van der Waals surface area contributed by atoms with Gasteiger partial charge in [0.25, 0.3) is 5.91 Å². The monoisotopic (exact) mass is 462 g/mol. The lowest BCUT2D eigenvalue weighted by molar-refractivity contribution is -0.116. The second kappa shape index (κ2) is 9.75. The number of aryl methyl sites for hydroxylation is 1. The molecule has 6 nitrogen and oxygen atoms in total. The van der Waals surface area contributed by atoms with E-state index in [0.717, 1.165) is 16.9 Å². The van der Waals surface area contributed by atoms with Crippen LogP contribution in [0.4, 0.5) is 10.7 Å². The summed E-state index contributed by atoms with van der Waals surface area (Å²) < 4.78 is 0. The molecule has 2 amide bonds. The van der Waals surface area contributed by atoms with E-state index in [9.17, 15) is 19.5 Å². The molecule has 3 aromatic rings. The van der Waals surface area contributed by atoms with Gasteiger partial charge in [0.05, 0.1) is 5.69 Å². The number of aromatic carboxylic acids is 1. The number of nitrogens with one attached hydrogen (secondary N) is 2. The molecule has 0 saturated heterocycles. The van der Waals surface area contributed by atoms with Gasteiger partial charge in [-0.2, -0.15) is 0 Å². The maximum absolute atomic E-state index is 12.5. The van der Waals surface area contributed by atoms with Crippen LogP contribution >= 0.6 is 34.5 Å². The van der Waals surface area contributed by atoms with E-state index in [1.54, 1.807) is 0 Å². The van der Waals surface area contributed by atoms with Gasteiger partial charge < -0.3 is 15.7 Å². The van der Waals surface area contributed by atoms with Crippen LogP contribution in [0.2, 0.25) is 10.0 Å². The molecule has 0 aliphatic heterocycles. The second-order valence-corrected chi connectivity index (χ2v) is 8.06. The van der Waals surface area contributed by atoms with E-state index in [-0.39, 0.29) is 44.2 Å². The number of carbonyl (C=O) groups is 3. The molecule has 0 bridgehead atoms. The van der Waals surface area contributed by atoms with Crippen molar-refractivity contribution in [3.05, 3.63) is 80.6 Å². The Kier molecular flexibility index (Phi) is 7.10. The van der Waals surface area contributed by atoms with Crippen LogP contribution in [0, 0.1) is 0 Å². The Balaban J connectivity index is 1.72. The number of rotatable bonds is 7. The summed E-state index contributed by atoms with van der Waals surface area (Å²) >= 11 is 12.8.